The van der Waals surface area contributed by atoms with Crippen LogP contribution in [-0.2, 0) is 0 Å². The number of aromatic amines is 1. The summed E-state index contributed by atoms with van der Waals surface area (Å²) in [4.78, 5) is 20.2. The summed E-state index contributed by atoms with van der Waals surface area (Å²) in [5.74, 6) is 0.0248. The van der Waals surface area contributed by atoms with Crippen LogP contribution in [-0.4, -0.2) is 31.8 Å². The minimum atomic E-state index is -0.228. The zero-order valence-corrected chi connectivity index (χ0v) is 10.1. The lowest BCUT2D eigenvalue weighted by molar-refractivity contribution is 0.104. The number of allylic oxidation sites excluding steroid dienone is 1. The molecule has 2 aromatic rings. The molecule has 0 aliphatic heterocycles. The number of hydrogen-bond donors (Lipinski definition) is 2. The molecule has 0 saturated heterocycles. The van der Waals surface area contributed by atoms with E-state index in [1.54, 1.807) is 31.2 Å². The van der Waals surface area contributed by atoms with Crippen molar-refractivity contribution < 1.29 is 9.90 Å². The molecule has 6 heteroatoms. The molecule has 1 aromatic carbocycles. The Kier molecular flexibility index (Phi) is 2.49. The van der Waals surface area contributed by atoms with Crippen molar-refractivity contribution in [3.05, 3.63) is 47.3 Å². The molecule has 19 heavy (non-hydrogen) atoms. The van der Waals surface area contributed by atoms with E-state index in [1.807, 2.05) is 0 Å². The summed E-state index contributed by atoms with van der Waals surface area (Å²) in [6.45, 7) is 1.65. The second kappa shape index (κ2) is 4.16. The smallest absolute Gasteiger partial charge is 0.245 e. The third-order valence-electron chi connectivity index (χ3n) is 2.93. The van der Waals surface area contributed by atoms with Crippen LogP contribution in [0, 0.1) is 0 Å². The van der Waals surface area contributed by atoms with E-state index in [9.17, 15) is 9.90 Å². The fourth-order valence-corrected chi connectivity index (χ4v) is 2.07. The number of aliphatic imine (C=N–C) groups is 1. The molecular weight excluding hydrogens is 244 g/mol. The number of carbonyl (C=O) groups is 1. The maximum absolute atomic E-state index is 12.2. The lowest BCUT2D eigenvalue weighted by atomic mass is 10.1. The van der Waals surface area contributed by atoms with Crippen LogP contribution < -0.4 is 0 Å². The Balaban J connectivity index is 2.08. The highest BCUT2D eigenvalue weighted by Crippen LogP contribution is 2.31. The van der Waals surface area contributed by atoms with Crippen molar-refractivity contribution in [1.29, 1.82) is 0 Å². The number of fused-ring (bicyclic) bond motifs is 1. The predicted molar refractivity (Wildman–Crippen MR) is 69.5 cm³/mol. The summed E-state index contributed by atoms with van der Waals surface area (Å²) in [5, 5.41) is 16.4. The summed E-state index contributed by atoms with van der Waals surface area (Å²) in [7, 11) is 0. The molecular formula is C13H10N4O2. The number of aliphatic hydroxyl groups excluding tert-OH is 1. The van der Waals surface area contributed by atoms with Gasteiger partial charge in [-0.1, -0.05) is 24.3 Å². The van der Waals surface area contributed by atoms with E-state index in [4.69, 9.17) is 0 Å². The van der Waals surface area contributed by atoms with E-state index < -0.39 is 0 Å². The number of nitrogens with zero attached hydrogens (tertiary/aromatic N) is 3. The number of H-pyrrole nitrogens is 1. The molecule has 0 unspecified atom stereocenters. The van der Waals surface area contributed by atoms with Crippen molar-refractivity contribution >= 4 is 23.2 Å². The van der Waals surface area contributed by atoms with Crippen LogP contribution in [0.5, 0.6) is 0 Å². The van der Waals surface area contributed by atoms with Crippen LogP contribution in [0.1, 0.15) is 22.8 Å². The number of aromatic nitrogens is 3. The third-order valence-corrected chi connectivity index (χ3v) is 2.93. The zero-order chi connectivity index (χ0) is 13.4. The molecule has 0 saturated carbocycles. The van der Waals surface area contributed by atoms with Gasteiger partial charge in [0.1, 0.15) is 12.1 Å². The van der Waals surface area contributed by atoms with Crippen molar-refractivity contribution in [3.63, 3.8) is 0 Å². The van der Waals surface area contributed by atoms with Gasteiger partial charge in [-0.25, -0.2) is 10.1 Å². The maximum atomic E-state index is 12.2. The van der Waals surface area contributed by atoms with Gasteiger partial charge in [0, 0.05) is 11.1 Å². The van der Waals surface area contributed by atoms with E-state index in [1.165, 1.54) is 6.33 Å². The lowest BCUT2D eigenvalue weighted by Gasteiger charge is -1.99. The van der Waals surface area contributed by atoms with Gasteiger partial charge in [-0.2, -0.15) is 10.1 Å². The number of nitrogens with one attached hydrogen (secondary N) is 1. The van der Waals surface area contributed by atoms with Crippen LogP contribution in [0.3, 0.4) is 0 Å². The Bertz CT molecular complexity index is 714. The molecule has 94 valence electrons. The first-order valence-corrected chi connectivity index (χ1v) is 5.67. The number of hydrogen-bond acceptors (Lipinski definition) is 5. The molecule has 6 nitrogen and oxygen atoms in total. The Hall–Kier alpha value is -2.76. The first-order valence-electron chi connectivity index (χ1n) is 5.67. The van der Waals surface area contributed by atoms with Crippen molar-refractivity contribution in [2.24, 2.45) is 4.99 Å². The number of rotatable bonds is 2. The largest absolute Gasteiger partial charge is 0.506 e. The van der Waals surface area contributed by atoms with Gasteiger partial charge in [0.25, 0.3) is 0 Å². The van der Waals surface area contributed by atoms with Crippen molar-refractivity contribution in [2.45, 2.75) is 6.92 Å². The second-order valence-electron chi connectivity index (χ2n) is 4.10. The molecule has 1 heterocycles. The van der Waals surface area contributed by atoms with E-state index in [0.29, 0.717) is 22.8 Å². The Morgan fingerprint density at radius 2 is 2.05 bits per heavy atom. The van der Waals surface area contributed by atoms with Gasteiger partial charge in [-0.3, -0.25) is 4.79 Å². The van der Waals surface area contributed by atoms with Crippen LogP contribution >= 0.6 is 0 Å². The van der Waals surface area contributed by atoms with Gasteiger partial charge >= 0.3 is 0 Å². The molecule has 2 N–H and O–H groups in total. The minimum Gasteiger partial charge on any atom is -0.506 e. The van der Waals surface area contributed by atoms with Gasteiger partial charge in [0.15, 0.2) is 5.78 Å². The normalized spacial score (nSPS) is 15.0. The van der Waals surface area contributed by atoms with Crippen LogP contribution in [0.2, 0.25) is 0 Å². The SMILES string of the molecule is CC(=Nc1ncn[nH]1)C1=C(O)c2ccccc2C1=O. The van der Waals surface area contributed by atoms with Gasteiger partial charge < -0.3 is 5.11 Å². The summed E-state index contributed by atoms with van der Waals surface area (Å²) >= 11 is 0. The Morgan fingerprint density at radius 1 is 1.32 bits per heavy atom. The second-order valence-corrected chi connectivity index (χ2v) is 4.10. The molecule has 1 aliphatic carbocycles. The van der Waals surface area contributed by atoms with Crippen LogP contribution in [0.25, 0.3) is 5.76 Å². The predicted octanol–water partition coefficient (Wildman–Crippen LogP) is 2.06. The summed E-state index contributed by atoms with van der Waals surface area (Å²) in [5.41, 5.74) is 1.63. The van der Waals surface area contributed by atoms with Gasteiger partial charge in [0.2, 0.25) is 5.95 Å². The molecule has 1 aliphatic rings. The first kappa shape index (κ1) is 11.3. The number of Topliss-reactive ketones (excluding diaryl/α,β-unsaturated/α-hetero) is 1. The minimum absolute atomic E-state index is 0.0404. The molecule has 0 fully saturated rings. The number of aliphatic hydroxyl groups is 1. The number of ketones is 1. The van der Waals surface area contributed by atoms with E-state index in [2.05, 4.69) is 20.2 Å². The summed E-state index contributed by atoms with van der Waals surface area (Å²) in [6.07, 6.45) is 1.32. The van der Waals surface area contributed by atoms with Crippen LogP contribution in [0.4, 0.5) is 5.95 Å². The summed E-state index contributed by atoms with van der Waals surface area (Å²) in [6, 6.07) is 6.92. The monoisotopic (exact) mass is 254 g/mol. The van der Waals surface area contributed by atoms with Gasteiger partial charge in [-0.15, -0.1) is 0 Å². The van der Waals surface area contributed by atoms with Gasteiger partial charge in [0.05, 0.1) is 11.3 Å². The molecule has 3 rings (SSSR count). The highest BCUT2D eigenvalue weighted by Gasteiger charge is 2.30. The maximum Gasteiger partial charge on any atom is 0.245 e. The lowest BCUT2D eigenvalue weighted by Crippen LogP contribution is -2.07. The van der Waals surface area contributed by atoms with E-state index in [-0.39, 0.29) is 17.1 Å². The van der Waals surface area contributed by atoms with Crippen molar-refractivity contribution in [2.75, 3.05) is 0 Å². The highest BCUT2D eigenvalue weighted by molar-refractivity contribution is 6.35. The Labute approximate surface area is 108 Å². The van der Waals surface area contributed by atoms with Crippen molar-refractivity contribution in [1.82, 2.24) is 15.2 Å². The number of carbonyl (C=O) groups excluding carboxylic acids is 1. The van der Waals surface area contributed by atoms with Crippen LogP contribution in [0.15, 0.2) is 41.2 Å². The summed E-state index contributed by atoms with van der Waals surface area (Å²) < 4.78 is 0. The Morgan fingerprint density at radius 3 is 2.68 bits per heavy atom. The highest BCUT2D eigenvalue weighted by atomic mass is 16.3. The van der Waals surface area contributed by atoms with E-state index >= 15 is 0 Å². The quantitative estimate of drug-likeness (QED) is 0.802. The molecule has 0 amide bonds. The molecule has 0 radical (unpaired) electrons. The molecule has 0 atom stereocenters. The molecule has 0 spiro atoms. The van der Waals surface area contributed by atoms with E-state index in [0.717, 1.165) is 0 Å². The average Bonchev–Trinajstić information content (AvgIpc) is 2.99. The third kappa shape index (κ3) is 1.74. The van der Waals surface area contributed by atoms with Crippen molar-refractivity contribution in [3.8, 4) is 0 Å². The fraction of sp³-hybridized carbons (Fsp3) is 0.0769. The first-order chi connectivity index (χ1) is 9.18. The van der Waals surface area contributed by atoms with Gasteiger partial charge in [-0.05, 0) is 6.92 Å². The standard InChI is InChI=1S/C13H10N4O2/c1-7(16-13-14-6-15-17-13)10-11(18)8-4-2-3-5-9(8)12(10)19/h2-6,18H,1H3,(H,14,15,17). The topological polar surface area (TPSA) is 91.2 Å². The number of benzene rings is 1. The zero-order valence-electron chi connectivity index (χ0n) is 10.1. The molecule has 0 bridgehead atoms. The fourth-order valence-electron chi connectivity index (χ4n) is 2.07. The average molecular weight is 254 g/mol. The molecule has 1 aromatic heterocycles.